The molecule has 1 N–H and O–H groups in total. The van der Waals surface area contributed by atoms with Gasteiger partial charge >= 0.3 is 0 Å². The van der Waals surface area contributed by atoms with Gasteiger partial charge in [0.25, 0.3) is 0 Å². The maximum atomic E-state index is 11.5. The zero-order chi connectivity index (χ0) is 12.3. The lowest BCUT2D eigenvalue weighted by molar-refractivity contribution is 0.0992. The van der Waals surface area contributed by atoms with Gasteiger partial charge in [-0.2, -0.15) is 0 Å². The number of anilines is 1. The molecule has 0 spiro atoms. The summed E-state index contributed by atoms with van der Waals surface area (Å²) in [7, 11) is -3.29. The molecule has 0 fully saturated rings. The predicted molar refractivity (Wildman–Crippen MR) is 64.6 cm³/mol. The molecule has 0 saturated carbocycles. The van der Waals surface area contributed by atoms with Crippen LogP contribution in [0.3, 0.4) is 0 Å². The highest BCUT2D eigenvalue weighted by Gasteiger charge is 2.12. The van der Waals surface area contributed by atoms with E-state index in [2.05, 4.69) is 4.72 Å². The van der Waals surface area contributed by atoms with Crippen molar-refractivity contribution >= 4 is 33.1 Å². The normalized spacial score (nSPS) is 13.2. The molecule has 1 aromatic carbocycles. The van der Waals surface area contributed by atoms with Gasteiger partial charge in [-0.1, -0.05) is 0 Å². The van der Waals surface area contributed by atoms with E-state index in [9.17, 15) is 13.2 Å². The van der Waals surface area contributed by atoms with Gasteiger partial charge in [0.05, 0.1) is 11.6 Å². The van der Waals surface area contributed by atoms with Gasteiger partial charge < -0.3 is 0 Å². The number of sulfonamides is 1. The molecule has 6 heteroatoms. The van der Waals surface area contributed by atoms with Gasteiger partial charge in [-0.15, -0.1) is 11.6 Å². The predicted octanol–water partition coefficient (Wildman–Crippen LogP) is 1.87. The Kier molecular flexibility index (Phi) is 3.93. The largest absolute Gasteiger partial charge is 0.293 e. The van der Waals surface area contributed by atoms with E-state index >= 15 is 0 Å². The third kappa shape index (κ3) is 3.83. The van der Waals surface area contributed by atoms with Crippen LogP contribution in [-0.2, 0) is 10.0 Å². The van der Waals surface area contributed by atoms with Crippen molar-refractivity contribution in [1.82, 2.24) is 0 Å². The summed E-state index contributed by atoms with van der Waals surface area (Å²) in [5.74, 6) is -0.187. The summed E-state index contributed by atoms with van der Waals surface area (Å²) in [6.45, 7) is 1.59. The number of rotatable bonds is 4. The molecule has 1 rings (SSSR count). The lowest BCUT2D eigenvalue weighted by atomic mass is 10.1. The summed E-state index contributed by atoms with van der Waals surface area (Å²) in [5, 5.41) is -0.589. The first-order chi connectivity index (χ1) is 7.29. The van der Waals surface area contributed by atoms with E-state index in [-0.39, 0.29) is 5.78 Å². The van der Waals surface area contributed by atoms with Gasteiger partial charge in [-0.05, 0) is 31.2 Å². The van der Waals surface area contributed by atoms with Crippen molar-refractivity contribution in [3.63, 3.8) is 0 Å². The number of halogens is 1. The van der Waals surface area contributed by atoms with E-state index < -0.39 is 15.4 Å². The van der Waals surface area contributed by atoms with Crippen LogP contribution in [0.4, 0.5) is 5.69 Å². The molecular formula is C10H12ClNO3S. The van der Waals surface area contributed by atoms with E-state index in [4.69, 9.17) is 11.6 Å². The first-order valence-corrected chi connectivity index (χ1v) is 6.88. The molecule has 0 aliphatic carbocycles. The van der Waals surface area contributed by atoms with Gasteiger partial charge in [0.2, 0.25) is 10.0 Å². The smallest absolute Gasteiger partial charge is 0.229 e. The first-order valence-electron chi connectivity index (χ1n) is 4.56. The molecule has 0 aromatic heterocycles. The SMILES string of the molecule is C[C@H](Cl)C(=O)c1ccc(NS(C)(=O)=O)cc1. The maximum Gasteiger partial charge on any atom is 0.229 e. The fraction of sp³-hybridized carbons (Fsp3) is 0.300. The van der Waals surface area contributed by atoms with Crippen LogP contribution in [0.5, 0.6) is 0 Å². The Bertz CT molecular complexity index is 479. The Morgan fingerprint density at radius 2 is 1.81 bits per heavy atom. The number of ketones is 1. The molecule has 16 heavy (non-hydrogen) atoms. The zero-order valence-electron chi connectivity index (χ0n) is 8.90. The van der Waals surface area contributed by atoms with Crippen molar-refractivity contribution in [2.45, 2.75) is 12.3 Å². The molecule has 0 aliphatic heterocycles. The third-order valence-electron chi connectivity index (χ3n) is 1.83. The second kappa shape index (κ2) is 4.84. The van der Waals surface area contributed by atoms with Crippen LogP contribution in [0.25, 0.3) is 0 Å². The van der Waals surface area contributed by atoms with Crippen molar-refractivity contribution in [2.24, 2.45) is 0 Å². The molecule has 4 nitrogen and oxygen atoms in total. The van der Waals surface area contributed by atoms with E-state index in [1.54, 1.807) is 6.92 Å². The van der Waals surface area contributed by atoms with Crippen molar-refractivity contribution in [3.8, 4) is 0 Å². The van der Waals surface area contributed by atoms with Crippen LogP contribution in [0.1, 0.15) is 17.3 Å². The third-order valence-corrected chi connectivity index (χ3v) is 2.64. The Morgan fingerprint density at radius 3 is 2.19 bits per heavy atom. The van der Waals surface area contributed by atoms with Crippen LogP contribution in [0, 0.1) is 0 Å². The maximum absolute atomic E-state index is 11.5. The number of alkyl halides is 1. The Hall–Kier alpha value is -1.07. The molecule has 0 unspecified atom stereocenters. The van der Waals surface area contributed by atoms with Crippen molar-refractivity contribution in [2.75, 3.05) is 11.0 Å². The van der Waals surface area contributed by atoms with Crippen LogP contribution < -0.4 is 4.72 Å². The van der Waals surface area contributed by atoms with Crippen LogP contribution >= 0.6 is 11.6 Å². The molecule has 0 heterocycles. The molecule has 1 atom stereocenters. The summed E-state index contributed by atoms with van der Waals surface area (Å²) in [4.78, 5) is 11.5. The minimum atomic E-state index is -3.29. The van der Waals surface area contributed by atoms with E-state index in [1.807, 2.05) is 0 Å². The molecular weight excluding hydrogens is 250 g/mol. The Morgan fingerprint density at radius 1 is 1.31 bits per heavy atom. The van der Waals surface area contributed by atoms with Crippen molar-refractivity contribution < 1.29 is 13.2 Å². The number of Topliss-reactive ketones (excluding diaryl/α,β-unsaturated/α-hetero) is 1. The minimum absolute atomic E-state index is 0.187. The molecule has 0 bridgehead atoms. The minimum Gasteiger partial charge on any atom is -0.293 e. The van der Waals surface area contributed by atoms with Crippen molar-refractivity contribution in [3.05, 3.63) is 29.8 Å². The number of hydrogen-bond donors (Lipinski definition) is 1. The highest BCUT2D eigenvalue weighted by molar-refractivity contribution is 7.92. The van der Waals surface area contributed by atoms with E-state index in [0.717, 1.165) is 6.26 Å². The molecule has 0 aliphatic rings. The second-order valence-corrected chi connectivity index (χ2v) is 5.83. The van der Waals surface area contributed by atoms with Gasteiger partial charge in [0, 0.05) is 11.3 Å². The fourth-order valence-electron chi connectivity index (χ4n) is 1.15. The van der Waals surface area contributed by atoms with E-state index in [0.29, 0.717) is 11.3 Å². The molecule has 0 radical (unpaired) electrons. The van der Waals surface area contributed by atoms with Crippen LogP contribution in [-0.4, -0.2) is 25.8 Å². The summed E-state index contributed by atoms with van der Waals surface area (Å²) >= 11 is 5.65. The van der Waals surface area contributed by atoms with Gasteiger partial charge in [-0.3, -0.25) is 9.52 Å². The van der Waals surface area contributed by atoms with Gasteiger partial charge in [-0.25, -0.2) is 8.42 Å². The molecule has 88 valence electrons. The molecule has 0 saturated heterocycles. The Labute approximate surface area is 99.7 Å². The monoisotopic (exact) mass is 261 g/mol. The lowest BCUT2D eigenvalue weighted by Crippen LogP contribution is -2.12. The highest BCUT2D eigenvalue weighted by Crippen LogP contribution is 2.13. The zero-order valence-corrected chi connectivity index (χ0v) is 10.5. The number of carbonyl (C=O) groups excluding carboxylic acids is 1. The number of carbonyl (C=O) groups is 1. The fourth-order valence-corrected chi connectivity index (χ4v) is 1.84. The van der Waals surface area contributed by atoms with Gasteiger partial charge in [0.15, 0.2) is 5.78 Å². The number of hydrogen-bond acceptors (Lipinski definition) is 3. The average molecular weight is 262 g/mol. The number of nitrogens with one attached hydrogen (secondary N) is 1. The highest BCUT2D eigenvalue weighted by atomic mass is 35.5. The summed E-state index contributed by atoms with van der Waals surface area (Å²) in [5.41, 5.74) is 0.878. The quantitative estimate of drug-likeness (QED) is 0.665. The molecule has 1 aromatic rings. The van der Waals surface area contributed by atoms with Crippen LogP contribution in [0.15, 0.2) is 24.3 Å². The lowest BCUT2D eigenvalue weighted by Gasteiger charge is -2.05. The summed E-state index contributed by atoms with van der Waals surface area (Å²) < 4.78 is 24.2. The standard InChI is InChI=1S/C10H12ClNO3S/c1-7(11)10(13)8-3-5-9(6-4-8)12-16(2,14)15/h3-7,12H,1-2H3/t7-/m0/s1. The van der Waals surface area contributed by atoms with Crippen LogP contribution in [0.2, 0.25) is 0 Å². The summed E-state index contributed by atoms with van der Waals surface area (Å²) in [6.07, 6.45) is 1.06. The van der Waals surface area contributed by atoms with E-state index in [1.165, 1.54) is 24.3 Å². The number of benzene rings is 1. The van der Waals surface area contributed by atoms with Gasteiger partial charge in [0.1, 0.15) is 0 Å². The first kappa shape index (κ1) is 13.0. The summed E-state index contributed by atoms with van der Waals surface area (Å²) in [6, 6.07) is 6.12. The Balaban J connectivity index is 2.88. The van der Waals surface area contributed by atoms with Crippen molar-refractivity contribution in [1.29, 1.82) is 0 Å². The topological polar surface area (TPSA) is 63.2 Å². The molecule has 0 amide bonds. The average Bonchev–Trinajstić information content (AvgIpc) is 2.15. The second-order valence-electron chi connectivity index (χ2n) is 3.43.